The van der Waals surface area contributed by atoms with E-state index in [0.29, 0.717) is 11.6 Å². The molecule has 0 bridgehead atoms. The molecule has 1 fully saturated rings. The molecule has 0 amide bonds. The maximum atomic E-state index is 15.0. The van der Waals surface area contributed by atoms with Crippen molar-refractivity contribution in [3.8, 4) is 5.75 Å². The number of para-hydroxylation sites is 1. The van der Waals surface area contributed by atoms with Gasteiger partial charge in [0.2, 0.25) is 0 Å². The Morgan fingerprint density at radius 1 is 1.17 bits per heavy atom. The average Bonchev–Trinajstić information content (AvgIpc) is 3.13. The summed E-state index contributed by atoms with van der Waals surface area (Å²) in [5, 5.41) is 1.87. The number of hydrogen-bond acceptors (Lipinski definition) is 3. The van der Waals surface area contributed by atoms with Crippen LogP contribution in [0.1, 0.15) is 63.4 Å². The van der Waals surface area contributed by atoms with E-state index < -0.39 is 5.67 Å². The molecule has 0 aliphatic carbocycles. The summed E-state index contributed by atoms with van der Waals surface area (Å²) in [5.74, 6) is 0.730. The zero-order valence-corrected chi connectivity index (χ0v) is 22.0. The van der Waals surface area contributed by atoms with Crippen LogP contribution in [0.25, 0.3) is 10.9 Å². The highest BCUT2D eigenvalue weighted by Crippen LogP contribution is 2.43. The van der Waals surface area contributed by atoms with Crippen molar-refractivity contribution < 1.29 is 9.13 Å². The van der Waals surface area contributed by atoms with Crippen molar-refractivity contribution in [2.45, 2.75) is 70.8 Å². The fourth-order valence-corrected chi connectivity index (χ4v) is 5.90. The predicted molar refractivity (Wildman–Crippen MR) is 142 cm³/mol. The van der Waals surface area contributed by atoms with Gasteiger partial charge in [-0.3, -0.25) is 9.80 Å². The van der Waals surface area contributed by atoms with Crippen LogP contribution in [0.4, 0.5) is 4.39 Å². The summed E-state index contributed by atoms with van der Waals surface area (Å²) < 4.78 is 21.2. The van der Waals surface area contributed by atoms with Gasteiger partial charge < -0.3 is 9.72 Å². The summed E-state index contributed by atoms with van der Waals surface area (Å²) in [6.45, 7) is 11.1. The summed E-state index contributed by atoms with van der Waals surface area (Å²) in [6, 6.07) is 14.6. The average molecular weight is 498 g/mol. The molecule has 0 unspecified atom stereocenters. The summed E-state index contributed by atoms with van der Waals surface area (Å²) in [5.41, 5.74) is 3.34. The lowest BCUT2D eigenvalue weighted by Gasteiger charge is -2.43. The number of aromatic amines is 1. The zero-order chi connectivity index (χ0) is 24.7. The highest BCUT2D eigenvalue weighted by Gasteiger charge is 2.38. The number of rotatable bonds is 8. The molecule has 2 aromatic carbocycles. The van der Waals surface area contributed by atoms with Crippen molar-refractivity contribution in [1.82, 2.24) is 14.8 Å². The first-order valence-electron chi connectivity index (χ1n) is 13.0. The Labute approximate surface area is 213 Å². The number of unbranched alkanes of at least 4 members (excludes halogenated alkanes) is 1. The highest BCUT2D eigenvalue weighted by molar-refractivity contribution is 6.32. The van der Waals surface area contributed by atoms with Crippen molar-refractivity contribution in [2.75, 3.05) is 26.2 Å². The molecule has 2 atom stereocenters. The second-order valence-corrected chi connectivity index (χ2v) is 11.4. The number of ether oxygens (including phenoxy) is 1. The van der Waals surface area contributed by atoms with Crippen LogP contribution in [-0.4, -0.2) is 58.8 Å². The van der Waals surface area contributed by atoms with Gasteiger partial charge in [-0.2, -0.15) is 0 Å². The van der Waals surface area contributed by atoms with Gasteiger partial charge in [0, 0.05) is 42.3 Å². The summed E-state index contributed by atoms with van der Waals surface area (Å²) in [4.78, 5) is 8.37. The second-order valence-electron chi connectivity index (χ2n) is 11.0. The molecule has 1 N–H and O–H groups in total. The van der Waals surface area contributed by atoms with E-state index in [2.05, 4.69) is 59.0 Å². The molecular formula is C29H37ClFN3O. The Balaban J connectivity index is 1.45. The van der Waals surface area contributed by atoms with Gasteiger partial charge in [0.05, 0.1) is 11.1 Å². The molecule has 1 saturated heterocycles. The highest BCUT2D eigenvalue weighted by atomic mass is 35.5. The van der Waals surface area contributed by atoms with E-state index in [9.17, 15) is 4.39 Å². The standard InChI is InChI=1S/C29H37ClFN3O/c1-5-6-13-33-16-21(17-33)35-26-12-11-20(15-24(26)30)28-27-23(22-9-7-8-10-25(22)32-27)14-19(2)34(28)18-29(3,4)31/h7-12,15,19,21,28,32H,5-6,13-14,16-18H2,1-4H3/t19-,28-/m1/s1. The number of aromatic nitrogens is 1. The smallest absolute Gasteiger partial charge is 0.138 e. The van der Waals surface area contributed by atoms with Crippen molar-refractivity contribution in [1.29, 1.82) is 0 Å². The third-order valence-corrected chi connectivity index (χ3v) is 7.69. The molecule has 5 rings (SSSR count). The molecule has 3 aromatic rings. The van der Waals surface area contributed by atoms with Crippen LogP contribution in [0.2, 0.25) is 5.02 Å². The second kappa shape index (κ2) is 9.76. The maximum absolute atomic E-state index is 15.0. The number of benzene rings is 2. The Morgan fingerprint density at radius 2 is 1.94 bits per heavy atom. The molecule has 0 radical (unpaired) electrons. The zero-order valence-electron chi connectivity index (χ0n) is 21.3. The van der Waals surface area contributed by atoms with Crippen LogP contribution >= 0.6 is 11.6 Å². The van der Waals surface area contributed by atoms with Crippen LogP contribution in [0.15, 0.2) is 42.5 Å². The minimum Gasteiger partial charge on any atom is -0.486 e. The van der Waals surface area contributed by atoms with Crippen LogP contribution in [0.3, 0.4) is 0 Å². The molecule has 188 valence electrons. The summed E-state index contributed by atoms with van der Waals surface area (Å²) in [6.07, 6.45) is 3.51. The van der Waals surface area contributed by atoms with Gasteiger partial charge in [0.1, 0.15) is 17.5 Å². The molecule has 1 aromatic heterocycles. The van der Waals surface area contributed by atoms with Crippen LogP contribution in [0, 0.1) is 0 Å². The van der Waals surface area contributed by atoms with Gasteiger partial charge >= 0.3 is 0 Å². The van der Waals surface area contributed by atoms with Gasteiger partial charge in [-0.25, -0.2) is 4.39 Å². The van der Waals surface area contributed by atoms with Crippen LogP contribution < -0.4 is 4.74 Å². The Hall–Kier alpha value is -2.08. The maximum Gasteiger partial charge on any atom is 0.138 e. The third-order valence-electron chi connectivity index (χ3n) is 7.39. The Bertz CT molecular complexity index is 1180. The molecule has 4 nitrogen and oxygen atoms in total. The monoisotopic (exact) mass is 497 g/mol. The number of fused-ring (bicyclic) bond motifs is 3. The van der Waals surface area contributed by atoms with Gasteiger partial charge in [-0.05, 0) is 69.5 Å². The molecule has 35 heavy (non-hydrogen) atoms. The van der Waals surface area contributed by atoms with E-state index in [1.165, 1.54) is 23.8 Å². The first kappa shape index (κ1) is 24.6. The first-order valence-corrected chi connectivity index (χ1v) is 13.3. The molecule has 0 saturated carbocycles. The SMILES string of the molecule is CCCCN1CC(Oc2ccc([C@@H]3c4[nH]c5ccccc5c4C[C@@H](C)N3CC(C)(C)F)cc2Cl)C1. The van der Waals surface area contributed by atoms with Gasteiger partial charge in [-0.1, -0.05) is 49.2 Å². The summed E-state index contributed by atoms with van der Waals surface area (Å²) >= 11 is 6.78. The van der Waals surface area contributed by atoms with Gasteiger partial charge in [0.25, 0.3) is 0 Å². The quantitative estimate of drug-likeness (QED) is 0.372. The van der Waals surface area contributed by atoms with E-state index in [-0.39, 0.29) is 18.2 Å². The van der Waals surface area contributed by atoms with Crippen LogP contribution in [0.5, 0.6) is 5.75 Å². The minimum absolute atomic E-state index is 0.101. The number of likely N-dealkylation sites (tertiary alicyclic amines) is 1. The number of hydrogen-bond donors (Lipinski definition) is 1. The molecule has 2 aliphatic rings. The lowest BCUT2D eigenvalue weighted by Crippen LogP contribution is -2.53. The Morgan fingerprint density at radius 3 is 2.66 bits per heavy atom. The molecule has 2 aliphatic heterocycles. The number of H-pyrrole nitrogens is 1. The van der Waals surface area contributed by atoms with E-state index in [4.69, 9.17) is 16.3 Å². The van der Waals surface area contributed by atoms with Gasteiger partial charge in [0.15, 0.2) is 0 Å². The number of nitrogens with zero attached hydrogens (tertiary/aromatic N) is 2. The third kappa shape index (κ3) is 5.09. The van der Waals surface area contributed by atoms with E-state index in [1.807, 2.05) is 12.1 Å². The lowest BCUT2D eigenvalue weighted by molar-refractivity contribution is 0.0193. The van der Waals surface area contributed by atoms with Crippen LogP contribution in [-0.2, 0) is 6.42 Å². The molecule has 0 spiro atoms. The van der Waals surface area contributed by atoms with Gasteiger partial charge in [-0.15, -0.1) is 0 Å². The van der Waals surface area contributed by atoms with E-state index >= 15 is 0 Å². The fourth-order valence-electron chi connectivity index (χ4n) is 5.67. The fraction of sp³-hybridized carbons (Fsp3) is 0.517. The number of alkyl halides is 1. The largest absolute Gasteiger partial charge is 0.486 e. The normalized spacial score (nSPS) is 21.8. The Kier molecular flexibility index (Phi) is 6.86. The van der Waals surface area contributed by atoms with E-state index in [1.54, 1.807) is 13.8 Å². The predicted octanol–water partition coefficient (Wildman–Crippen LogP) is 6.77. The number of nitrogens with one attached hydrogen (secondary N) is 1. The minimum atomic E-state index is -1.31. The van der Waals surface area contributed by atoms with Crippen molar-refractivity contribution in [2.24, 2.45) is 0 Å². The first-order chi connectivity index (χ1) is 16.7. The molecule has 6 heteroatoms. The number of halogens is 2. The lowest BCUT2D eigenvalue weighted by atomic mass is 9.87. The molecular weight excluding hydrogens is 461 g/mol. The summed E-state index contributed by atoms with van der Waals surface area (Å²) in [7, 11) is 0. The van der Waals surface area contributed by atoms with Crippen molar-refractivity contribution in [3.05, 3.63) is 64.3 Å². The molecule has 3 heterocycles. The van der Waals surface area contributed by atoms with Crippen molar-refractivity contribution >= 4 is 22.5 Å². The van der Waals surface area contributed by atoms with E-state index in [0.717, 1.165) is 48.6 Å². The topological polar surface area (TPSA) is 31.5 Å². The van der Waals surface area contributed by atoms with Crippen molar-refractivity contribution in [3.63, 3.8) is 0 Å².